The highest BCUT2D eigenvalue weighted by Crippen LogP contribution is 2.25. The molecule has 0 spiro atoms. The molecule has 0 saturated carbocycles. The third-order valence-corrected chi connectivity index (χ3v) is 3.90. The van der Waals surface area contributed by atoms with Crippen LogP contribution in [0, 0.1) is 5.92 Å². The van der Waals surface area contributed by atoms with E-state index in [2.05, 4.69) is 22.6 Å². The van der Waals surface area contributed by atoms with E-state index < -0.39 is 5.54 Å². The number of rotatable bonds is 3. The molecule has 1 unspecified atom stereocenters. The maximum absolute atomic E-state index is 12.3. The van der Waals surface area contributed by atoms with E-state index in [-0.39, 0.29) is 17.7 Å². The number of hydrogen-bond acceptors (Lipinski definition) is 3. The zero-order valence-corrected chi connectivity index (χ0v) is 11.9. The number of carbonyl (C=O) groups excluding carboxylic acids is 1. The Hall–Kier alpha value is -2.04. The van der Waals surface area contributed by atoms with Crippen molar-refractivity contribution in [3.63, 3.8) is 0 Å². The van der Waals surface area contributed by atoms with Gasteiger partial charge < -0.3 is 16.3 Å². The SMILES string of the molecule is CC(C)(NC(=O)C1CCc2ccccc2C1)/C(N)=N/O. The van der Waals surface area contributed by atoms with Gasteiger partial charge in [0.05, 0.1) is 5.54 Å². The third-order valence-electron chi connectivity index (χ3n) is 3.90. The second-order valence-electron chi connectivity index (χ2n) is 5.81. The zero-order chi connectivity index (χ0) is 14.8. The number of nitrogens with two attached hydrogens (primary N) is 1. The summed E-state index contributed by atoms with van der Waals surface area (Å²) in [7, 11) is 0. The van der Waals surface area contributed by atoms with Crippen LogP contribution in [0.25, 0.3) is 0 Å². The number of fused-ring (bicyclic) bond motifs is 1. The van der Waals surface area contributed by atoms with Crippen LogP contribution in [0.4, 0.5) is 0 Å². The average molecular weight is 275 g/mol. The van der Waals surface area contributed by atoms with E-state index in [0.717, 1.165) is 19.3 Å². The Morgan fingerprint density at radius 3 is 2.70 bits per heavy atom. The molecule has 20 heavy (non-hydrogen) atoms. The Bertz CT molecular complexity index is 538. The van der Waals surface area contributed by atoms with Crippen molar-refractivity contribution in [2.24, 2.45) is 16.8 Å². The van der Waals surface area contributed by atoms with Crippen molar-refractivity contribution in [2.45, 2.75) is 38.6 Å². The van der Waals surface area contributed by atoms with Crippen LogP contribution in [0.2, 0.25) is 0 Å². The molecule has 1 aliphatic rings. The smallest absolute Gasteiger partial charge is 0.224 e. The van der Waals surface area contributed by atoms with Gasteiger partial charge in [-0.05, 0) is 44.2 Å². The van der Waals surface area contributed by atoms with E-state index in [1.165, 1.54) is 11.1 Å². The van der Waals surface area contributed by atoms with Crippen LogP contribution in [-0.2, 0) is 17.6 Å². The number of benzene rings is 1. The Morgan fingerprint density at radius 1 is 1.40 bits per heavy atom. The summed E-state index contributed by atoms with van der Waals surface area (Å²) in [6.07, 6.45) is 2.49. The van der Waals surface area contributed by atoms with Gasteiger partial charge >= 0.3 is 0 Å². The van der Waals surface area contributed by atoms with Crippen molar-refractivity contribution >= 4 is 11.7 Å². The summed E-state index contributed by atoms with van der Waals surface area (Å²) in [5.41, 5.74) is 7.31. The summed E-state index contributed by atoms with van der Waals surface area (Å²) in [5.74, 6) is -0.103. The quantitative estimate of drug-likeness (QED) is 0.337. The van der Waals surface area contributed by atoms with Gasteiger partial charge in [0.25, 0.3) is 0 Å². The van der Waals surface area contributed by atoms with Gasteiger partial charge in [0.1, 0.15) is 0 Å². The van der Waals surface area contributed by atoms with Gasteiger partial charge in [-0.3, -0.25) is 4.79 Å². The van der Waals surface area contributed by atoms with Crippen molar-refractivity contribution < 1.29 is 10.0 Å². The van der Waals surface area contributed by atoms with E-state index in [4.69, 9.17) is 10.9 Å². The van der Waals surface area contributed by atoms with Crippen molar-refractivity contribution in [3.8, 4) is 0 Å². The fraction of sp³-hybridized carbons (Fsp3) is 0.467. The molecule has 0 radical (unpaired) electrons. The molecule has 0 saturated heterocycles. The normalized spacial score (nSPS) is 19.3. The number of hydrogen-bond donors (Lipinski definition) is 3. The molecule has 0 aromatic heterocycles. The van der Waals surface area contributed by atoms with Crippen LogP contribution in [-0.4, -0.2) is 22.5 Å². The minimum Gasteiger partial charge on any atom is -0.409 e. The monoisotopic (exact) mass is 275 g/mol. The van der Waals surface area contributed by atoms with Crippen molar-refractivity contribution in [1.29, 1.82) is 0 Å². The van der Waals surface area contributed by atoms with Crippen LogP contribution >= 0.6 is 0 Å². The molecule has 1 aliphatic carbocycles. The number of carbonyl (C=O) groups is 1. The van der Waals surface area contributed by atoms with Crippen molar-refractivity contribution in [3.05, 3.63) is 35.4 Å². The molecule has 0 heterocycles. The average Bonchev–Trinajstić information content (AvgIpc) is 2.45. The fourth-order valence-corrected chi connectivity index (χ4v) is 2.52. The lowest BCUT2D eigenvalue weighted by atomic mass is 9.83. The van der Waals surface area contributed by atoms with Gasteiger partial charge in [-0.15, -0.1) is 0 Å². The summed E-state index contributed by atoms with van der Waals surface area (Å²) in [6, 6.07) is 8.22. The topological polar surface area (TPSA) is 87.7 Å². The largest absolute Gasteiger partial charge is 0.409 e. The number of amides is 1. The predicted octanol–water partition coefficient (Wildman–Crippen LogP) is 1.43. The summed E-state index contributed by atoms with van der Waals surface area (Å²) < 4.78 is 0. The summed E-state index contributed by atoms with van der Waals surface area (Å²) in [4.78, 5) is 12.3. The molecule has 0 bridgehead atoms. The van der Waals surface area contributed by atoms with Crippen molar-refractivity contribution in [2.75, 3.05) is 0 Å². The first-order valence-electron chi connectivity index (χ1n) is 6.81. The number of nitrogens with one attached hydrogen (secondary N) is 1. The molecule has 2 rings (SSSR count). The molecule has 1 amide bonds. The molecule has 4 N–H and O–H groups in total. The van der Waals surface area contributed by atoms with Gasteiger partial charge in [0.2, 0.25) is 5.91 Å². The Balaban J connectivity index is 2.05. The Morgan fingerprint density at radius 2 is 2.05 bits per heavy atom. The molecule has 5 heteroatoms. The lowest BCUT2D eigenvalue weighted by molar-refractivity contribution is -0.126. The first-order valence-corrected chi connectivity index (χ1v) is 6.81. The summed E-state index contributed by atoms with van der Waals surface area (Å²) >= 11 is 0. The number of aryl methyl sites for hydroxylation is 1. The van der Waals surface area contributed by atoms with Gasteiger partial charge in [0, 0.05) is 5.92 Å². The van der Waals surface area contributed by atoms with Gasteiger partial charge in [0.15, 0.2) is 5.84 Å². The minimum atomic E-state index is -0.844. The summed E-state index contributed by atoms with van der Waals surface area (Å²) in [5, 5.41) is 14.6. The van der Waals surface area contributed by atoms with Crippen LogP contribution in [0.15, 0.2) is 29.4 Å². The maximum atomic E-state index is 12.3. The fourth-order valence-electron chi connectivity index (χ4n) is 2.52. The molecule has 0 fully saturated rings. The second kappa shape index (κ2) is 5.53. The molecule has 1 atom stereocenters. The Kier molecular flexibility index (Phi) is 3.97. The number of amidine groups is 1. The van der Waals surface area contributed by atoms with Gasteiger partial charge in [-0.2, -0.15) is 0 Å². The first kappa shape index (κ1) is 14.4. The highest BCUT2D eigenvalue weighted by molar-refractivity contribution is 5.93. The molecular formula is C15H21N3O2. The highest BCUT2D eigenvalue weighted by atomic mass is 16.4. The lowest BCUT2D eigenvalue weighted by Crippen LogP contribution is -2.55. The second-order valence-corrected chi connectivity index (χ2v) is 5.81. The Labute approximate surface area is 118 Å². The van der Waals surface area contributed by atoms with Gasteiger partial charge in [-0.25, -0.2) is 0 Å². The molecular weight excluding hydrogens is 254 g/mol. The number of oxime groups is 1. The molecule has 5 nitrogen and oxygen atoms in total. The summed E-state index contributed by atoms with van der Waals surface area (Å²) in [6.45, 7) is 3.44. The molecule has 1 aromatic carbocycles. The van der Waals surface area contributed by atoms with E-state index in [0.29, 0.717) is 0 Å². The first-order chi connectivity index (χ1) is 9.44. The third kappa shape index (κ3) is 2.92. The van der Waals surface area contributed by atoms with Crippen LogP contribution in [0.5, 0.6) is 0 Å². The van der Waals surface area contributed by atoms with Crippen LogP contribution in [0.3, 0.4) is 0 Å². The predicted molar refractivity (Wildman–Crippen MR) is 77.6 cm³/mol. The van der Waals surface area contributed by atoms with Crippen LogP contribution in [0.1, 0.15) is 31.4 Å². The van der Waals surface area contributed by atoms with E-state index >= 15 is 0 Å². The highest BCUT2D eigenvalue weighted by Gasteiger charge is 2.31. The van der Waals surface area contributed by atoms with Crippen molar-refractivity contribution in [1.82, 2.24) is 5.32 Å². The zero-order valence-electron chi connectivity index (χ0n) is 11.9. The van der Waals surface area contributed by atoms with Gasteiger partial charge in [-0.1, -0.05) is 29.4 Å². The standard InChI is InChI=1S/C15H21N3O2/c1-15(2,14(16)18-20)17-13(19)12-8-7-10-5-3-4-6-11(10)9-12/h3-6,12,20H,7-9H2,1-2H3,(H2,16,18)(H,17,19). The van der Waals surface area contributed by atoms with Crippen LogP contribution < -0.4 is 11.1 Å². The molecule has 108 valence electrons. The molecule has 1 aromatic rings. The molecule has 0 aliphatic heterocycles. The lowest BCUT2D eigenvalue weighted by Gasteiger charge is -2.29. The van der Waals surface area contributed by atoms with E-state index in [9.17, 15) is 4.79 Å². The maximum Gasteiger partial charge on any atom is 0.224 e. The van der Waals surface area contributed by atoms with E-state index in [1.807, 2.05) is 12.1 Å². The minimum absolute atomic E-state index is 0.00191. The van der Waals surface area contributed by atoms with E-state index in [1.54, 1.807) is 13.8 Å². The number of nitrogens with zero attached hydrogens (tertiary/aromatic N) is 1.